The molecule has 0 bridgehead atoms. The van der Waals surface area contributed by atoms with Gasteiger partial charge in [0.1, 0.15) is 11.4 Å². The van der Waals surface area contributed by atoms with Crippen molar-refractivity contribution in [1.29, 1.82) is 0 Å². The van der Waals surface area contributed by atoms with Gasteiger partial charge in [-0.15, -0.1) is 11.8 Å². The number of nitrogens with one attached hydrogen (secondary N) is 1. The molecule has 1 atom stereocenters. The minimum Gasteiger partial charge on any atom is -0.451 e. The van der Waals surface area contributed by atoms with Crippen LogP contribution in [-0.4, -0.2) is 18.5 Å². The second-order valence-corrected chi connectivity index (χ2v) is 7.22. The summed E-state index contributed by atoms with van der Waals surface area (Å²) in [5.41, 5.74) is 7.25. The van der Waals surface area contributed by atoms with Crippen molar-refractivity contribution in [3.8, 4) is 0 Å². The monoisotopic (exact) mass is 372 g/mol. The Bertz CT molecular complexity index is 890. The molecule has 1 aromatic heterocycles. The topological polar surface area (TPSA) is 68.3 Å². The highest BCUT2D eigenvalue weighted by Crippen LogP contribution is 2.32. The summed E-state index contributed by atoms with van der Waals surface area (Å²) < 4.78 is 18.9. The molecule has 3 N–H and O–H groups in total. The minimum absolute atomic E-state index is 0.0273. The van der Waals surface area contributed by atoms with Gasteiger partial charge in [0, 0.05) is 34.2 Å². The number of furan rings is 1. The van der Waals surface area contributed by atoms with Crippen LogP contribution in [0.5, 0.6) is 0 Å². The van der Waals surface area contributed by atoms with Gasteiger partial charge >= 0.3 is 0 Å². The predicted molar refractivity (Wildman–Crippen MR) is 103 cm³/mol. The quantitative estimate of drug-likeness (QED) is 0.606. The van der Waals surface area contributed by atoms with Gasteiger partial charge in [-0.2, -0.15) is 0 Å². The molecule has 26 heavy (non-hydrogen) atoms. The van der Waals surface area contributed by atoms with Crippen LogP contribution >= 0.6 is 11.8 Å². The number of carbonyl (C=O) groups excluding carboxylic acids is 1. The molecule has 0 aliphatic rings. The summed E-state index contributed by atoms with van der Waals surface area (Å²) in [4.78, 5) is 13.5. The van der Waals surface area contributed by atoms with E-state index in [1.165, 1.54) is 23.9 Å². The van der Waals surface area contributed by atoms with Gasteiger partial charge in [0.2, 0.25) is 0 Å². The highest BCUT2D eigenvalue weighted by molar-refractivity contribution is 7.98. The zero-order valence-electron chi connectivity index (χ0n) is 14.5. The van der Waals surface area contributed by atoms with E-state index >= 15 is 0 Å². The minimum atomic E-state index is -0.266. The largest absolute Gasteiger partial charge is 0.451 e. The van der Waals surface area contributed by atoms with Crippen LogP contribution in [0.3, 0.4) is 0 Å². The molecule has 3 aromatic rings. The molecule has 6 heteroatoms. The molecule has 0 spiro atoms. The number of para-hydroxylation sites is 1. The smallest absolute Gasteiger partial charge is 0.287 e. The second-order valence-electron chi connectivity index (χ2n) is 6.17. The van der Waals surface area contributed by atoms with Crippen LogP contribution in [0.4, 0.5) is 4.39 Å². The van der Waals surface area contributed by atoms with E-state index in [1.807, 2.05) is 31.2 Å². The van der Waals surface area contributed by atoms with Gasteiger partial charge < -0.3 is 15.5 Å². The Morgan fingerprint density at radius 2 is 1.96 bits per heavy atom. The molecule has 1 amide bonds. The van der Waals surface area contributed by atoms with E-state index in [0.29, 0.717) is 30.1 Å². The molecule has 136 valence electrons. The molecule has 2 aromatic carbocycles. The third-order valence-corrected chi connectivity index (χ3v) is 5.03. The molecular formula is C20H21FN2O2S. The van der Waals surface area contributed by atoms with Gasteiger partial charge in [0.25, 0.3) is 5.91 Å². The second kappa shape index (κ2) is 8.38. The van der Waals surface area contributed by atoms with Gasteiger partial charge in [-0.3, -0.25) is 4.79 Å². The van der Waals surface area contributed by atoms with Crippen molar-refractivity contribution in [3.63, 3.8) is 0 Å². The maximum absolute atomic E-state index is 13.1. The van der Waals surface area contributed by atoms with Crippen LogP contribution in [0.25, 0.3) is 11.0 Å². The zero-order chi connectivity index (χ0) is 18.5. The van der Waals surface area contributed by atoms with Gasteiger partial charge in [-0.1, -0.05) is 18.2 Å². The molecule has 0 saturated heterocycles. The number of hydrogen-bond donors (Lipinski definition) is 2. The lowest BCUT2D eigenvalue weighted by molar-refractivity contribution is 0.0926. The van der Waals surface area contributed by atoms with Crippen molar-refractivity contribution in [1.82, 2.24) is 5.32 Å². The molecule has 4 nitrogen and oxygen atoms in total. The Morgan fingerprint density at radius 1 is 1.23 bits per heavy atom. The number of amides is 1. The lowest BCUT2D eigenvalue weighted by Crippen LogP contribution is -2.29. The number of carbonyl (C=O) groups is 1. The van der Waals surface area contributed by atoms with E-state index in [0.717, 1.165) is 15.8 Å². The van der Waals surface area contributed by atoms with E-state index in [2.05, 4.69) is 5.32 Å². The maximum Gasteiger partial charge on any atom is 0.287 e. The van der Waals surface area contributed by atoms with Crippen molar-refractivity contribution in [2.45, 2.75) is 30.0 Å². The average Bonchev–Trinajstić information content (AvgIpc) is 3.00. The van der Waals surface area contributed by atoms with Crippen LogP contribution in [-0.2, 0) is 5.75 Å². The van der Waals surface area contributed by atoms with E-state index < -0.39 is 0 Å². The predicted octanol–water partition coefficient (Wildman–Crippen LogP) is 4.33. The average molecular weight is 372 g/mol. The highest BCUT2D eigenvalue weighted by Gasteiger charge is 2.20. The molecule has 0 saturated carbocycles. The summed E-state index contributed by atoms with van der Waals surface area (Å²) in [6, 6.07) is 13.9. The zero-order valence-corrected chi connectivity index (χ0v) is 15.3. The Kier molecular flexibility index (Phi) is 5.96. The summed E-state index contributed by atoms with van der Waals surface area (Å²) in [5.74, 6) is 0.373. The first-order valence-electron chi connectivity index (χ1n) is 8.47. The molecule has 0 aliphatic carbocycles. The fourth-order valence-electron chi connectivity index (χ4n) is 2.61. The maximum atomic E-state index is 13.1. The van der Waals surface area contributed by atoms with Gasteiger partial charge in [-0.05, 0) is 43.7 Å². The van der Waals surface area contributed by atoms with Crippen molar-refractivity contribution in [3.05, 3.63) is 65.7 Å². The van der Waals surface area contributed by atoms with E-state index in [9.17, 15) is 9.18 Å². The summed E-state index contributed by atoms with van der Waals surface area (Å²) in [7, 11) is 0. The summed E-state index contributed by atoms with van der Waals surface area (Å²) in [6.07, 6.45) is 0.700. The van der Waals surface area contributed by atoms with E-state index in [1.54, 1.807) is 12.1 Å². The number of rotatable bonds is 7. The van der Waals surface area contributed by atoms with E-state index in [4.69, 9.17) is 10.2 Å². The number of hydrogen-bond acceptors (Lipinski definition) is 4. The normalized spacial score (nSPS) is 12.3. The SMILES string of the molecule is CC(N)CCNC(=O)c1oc2ccccc2c1CSc1ccc(F)cc1. The summed E-state index contributed by atoms with van der Waals surface area (Å²) >= 11 is 1.54. The Morgan fingerprint density at radius 3 is 2.69 bits per heavy atom. The van der Waals surface area contributed by atoms with E-state index in [-0.39, 0.29) is 17.8 Å². The highest BCUT2D eigenvalue weighted by atomic mass is 32.2. The third kappa shape index (κ3) is 4.45. The van der Waals surface area contributed by atoms with Crippen LogP contribution in [0.2, 0.25) is 0 Å². The number of fused-ring (bicyclic) bond motifs is 1. The number of nitrogens with two attached hydrogens (primary N) is 1. The third-order valence-electron chi connectivity index (χ3n) is 3.99. The lowest BCUT2D eigenvalue weighted by atomic mass is 10.1. The van der Waals surface area contributed by atoms with Crippen LogP contribution in [0.1, 0.15) is 29.5 Å². The number of thioether (sulfide) groups is 1. The standard InChI is InChI=1S/C20H21FN2O2S/c1-13(22)10-11-23-20(24)19-17(16-4-2-3-5-18(16)25-19)12-26-15-8-6-14(21)7-9-15/h2-9,13H,10-12,22H2,1H3,(H,23,24). The number of halogens is 1. The summed E-state index contributed by atoms with van der Waals surface area (Å²) in [5, 5.41) is 3.78. The Labute approximate surface area is 155 Å². The molecule has 0 fully saturated rings. The van der Waals surface area contributed by atoms with Crippen LogP contribution < -0.4 is 11.1 Å². The Balaban J connectivity index is 1.82. The van der Waals surface area contributed by atoms with Gasteiger partial charge in [0.05, 0.1) is 0 Å². The van der Waals surface area contributed by atoms with Crippen molar-refractivity contribution < 1.29 is 13.6 Å². The van der Waals surface area contributed by atoms with Crippen LogP contribution in [0, 0.1) is 5.82 Å². The first kappa shape index (κ1) is 18.5. The lowest BCUT2D eigenvalue weighted by Gasteiger charge is -2.07. The molecule has 3 rings (SSSR count). The first-order chi connectivity index (χ1) is 12.5. The van der Waals surface area contributed by atoms with Crippen molar-refractivity contribution >= 4 is 28.6 Å². The van der Waals surface area contributed by atoms with Gasteiger partial charge in [0.15, 0.2) is 5.76 Å². The molecule has 1 heterocycles. The molecule has 1 unspecified atom stereocenters. The van der Waals surface area contributed by atoms with Crippen molar-refractivity contribution in [2.75, 3.05) is 6.54 Å². The first-order valence-corrected chi connectivity index (χ1v) is 9.45. The van der Waals surface area contributed by atoms with Gasteiger partial charge in [-0.25, -0.2) is 4.39 Å². The number of benzene rings is 2. The fourth-order valence-corrected chi connectivity index (χ4v) is 3.53. The fraction of sp³-hybridized carbons (Fsp3) is 0.250. The summed E-state index contributed by atoms with van der Waals surface area (Å²) in [6.45, 7) is 2.40. The van der Waals surface area contributed by atoms with Crippen LogP contribution in [0.15, 0.2) is 57.8 Å². The molecule has 0 radical (unpaired) electrons. The van der Waals surface area contributed by atoms with Crippen molar-refractivity contribution in [2.24, 2.45) is 5.73 Å². The molecular weight excluding hydrogens is 351 g/mol. The Hall–Kier alpha value is -2.31. The molecule has 0 aliphatic heterocycles.